The highest BCUT2D eigenvalue weighted by Crippen LogP contribution is 2.38. The van der Waals surface area contributed by atoms with Crippen molar-refractivity contribution in [2.45, 2.75) is 6.04 Å². The van der Waals surface area contributed by atoms with E-state index in [9.17, 15) is 4.79 Å². The first-order chi connectivity index (χ1) is 10.1. The lowest BCUT2D eigenvalue weighted by Gasteiger charge is -2.36. The molecule has 1 saturated heterocycles. The van der Waals surface area contributed by atoms with Crippen molar-refractivity contribution < 1.29 is 9.90 Å². The largest absolute Gasteiger partial charge is 0.395 e. The van der Waals surface area contributed by atoms with Gasteiger partial charge in [0.2, 0.25) is 5.91 Å². The van der Waals surface area contributed by atoms with Gasteiger partial charge in [-0.2, -0.15) is 0 Å². The van der Waals surface area contributed by atoms with Crippen LogP contribution < -0.4 is 16.0 Å². The molecule has 0 aliphatic carbocycles. The molecule has 1 atom stereocenters. The number of nitrogens with zero attached hydrogens (tertiary/aromatic N) is 2. The van der Waals surface area contributed by atoms with Crippen molar-refractivity contribution in [1.29, 1.82) is 0 Å². The van der Waals surface area contributed by atoms with Crippen LogP contribution in [0.1, 0.15) is 11.6 Å². The van der Waals surface area contributed by atoms with Crippen LogP contribution in [0.15, 0.2) is 16.6 Å². The Morgan fingerprint density at radius 1 is 1.33 bits per heavy atom. The number of carbonyl (C=O) groups is 1. The SMILES string of the molecule is NC1C(=O)Nc2cc(N3CCN(CCO)CC3)c(Br)cc21. The monoisotopic (exact) mass is 354 g/mol. The number of rotatable bonds is 3. The fourth-order valence-electron chi connectivity index (χ4n) is 2.89. The molecule has 1 fully saturated rings. The fourth-order valence-corrected chi connectivity index (χ4v) is 3.50. The summed E-state index contributed by atoms with van der Waals surface area (Å²) in [4.78, 5) is 16.2. The van der Waals surface area contributed by atoms with E-state index >= 15 is 0 Å². The van der Waals surface area contributed by atoms with Crippen molar-refractivity contribution in [3.8, 4) is 0 Å². The lowest BCUT2D eigenvalue weighted by Crippen LogP contribution is -2.47. The van der Waals surface area contributed by atoms with E-state index in [-0.39, 0.29) is 12.5 Å². The van der Waals surface area contributed by atoms with E-state index in [1.54, 1.807) is 0 Å². The quantitative estimate of drug-likeness (QED) is 0.736. The number of β-amino-alcohol motifs (C(OH)–C–C–N with tert-alkyl or cyclic N) is 1. The summed E-state index contributed by atoms with van der Waals surface area (Å²) >= 11 is 3.59. The molecule has 0 saturated carbocycles. The van der Waals surface area contributed by atoms with Gasteiger partial charge in [-0.1, -0.05) is 0 Å². The Balaban J connectivity index is 1.78. The van der Waals surface area contributed by atoms with Crippen molar-refractivity contribution >= 4 is 33.2 Å². The summed E-state index contributed by atoms with van der Waals surface area (Å²) in [5.41, 5.74) is 8.59. The molecule has 0 spiro atoms. The molecule has 1 amide bonds. The van der Waals surface area contributed by atoms with Crippen LogP contribution in [0.25, 0.3) is 0 Å². The van der Waals surface area contributed by atoms with Crippen molar-refractivity contribution in [2.75, 3.05) is 49.5 Å². The zero-order valence-corrected chi connectivity index (χ0v) is 13.3. The molecule has 1 unspecified atom stereocenters. The number of anilines is 2. The summed E-state index contributed by atoms with van der Waals surface area (Å²) < 4.78 is 0.962. The summed E-state index contributed by atoms with van der Waals surface area (Å²) in [6.45, 7) is 4.58. The number of benzene rings is 1. The van der Waals surface area contributed by atoms with E-state index in [4.69, 9.17) is 10.8 Å². The molecular formula is C14H19BrN4O2. The molecule has 21 heavy (non-hydrogen) atoms. The second-order valence-electron chi connectivity index (χ2n) is 5.41. The van der Waals surface area contributed by atoms with Crippen molar-refractivity contribution in [3.05, 3.63) is 22.2 Å². The first-order valence-corrected chi connectivity index (χ1v) is 7.87. The van der Waals surface area contributed by atoms with Gasteiger partial charge in [-0.3, -0.25) is 9.69 Å². The molecule has 0 bridgehead atoms. The predicted octanol–water partition coefficient (Wildman–Crippen LogP) is 0.515. The second-order valence-corrected chi connectivity index (χ2v) is 6.26. The number of halogens is 1. The number of amides is 1. The van der Waals surface area contributed by atoms with Crippen molar-refractivity contribution in [3.63, 3.8) is 0 Å². The minimum atomic E-state index is -0.577. The van der Waals surface area contributed by atoms with Crippen LogP contribution >= 0.6 is 15.9 Å². The first-order valence-electron chi connectivity index (χ1n) is 7.08. The molecule has 2 aliphatic rings. The second kappa shape index (κ2) is 5.92. The van der Waals surface area contributed by atoms with Crippen molar-refractivity contribution in [2.24, 2.45) is 5.73 Å². The smallest absolute Gasteiger partial charge is 0.245 e. The zero-order chi connectivity index (χ0) is 15.0. The summed E-state index contributed by atoms with van der Waals surface area (Å²) in [5.74, 6) is -0.151. The van der Waals surface area contributed by atoms with Crippen LogP contribution in [-0.4, -0.2) is 55.2 Å². The minimum Gasteiger partial charge on any atom is -0.395 e. The van der Waals surface area contributed by atoms with Gasteiger partial charge < -0.3 is 21.1 Å². The van der Waals surface area contributed by atoms with Crippen LogP contribution in [0, 0.1) is 0 Å². The number of nitrogens with one attached hydrogen (secondary N) is 1. The molecule has 1 aromatic rings. The van der Waals surface area contributed by atoms with Gasteiger partial charge in [0.25, 0.3) is 0 Å². The Labute approximate surface area is 132 Å². The van der Waals surface area contributed by atoms with Crippen molar-refractivity contribution in [1.82, 2.24) is 4.90 Å². The Kier molecular flexibility index (Phi) is 4.17. The van der Waals surface area contributed by atoms with E-state index in [0.717, 1.165) is 54.1 Å². The third kappa shape index (κ3) is 2.78. The van der Waals surface area contributed by atoms with Gasteiger partial charge >= 0.3 is 0 Å². The Hall–Kier alpha value is -1.15. The third-order valence-electron chi connectivity index (χ3n) is 4.12. The lowest BCUT2D eigenvalue weighted by molar-refractivity contribution is -0.116. The number of hydrogen-bond donors (Lipinski definition) is 3. The first kappa shape index (κ1) is 14.8. The summed E-state index contributed by atoms with van der Waals surface area (Å²) in [6, 6.07) is 3.35. The van der Waals surface area contributed by atoms with E-state index in [2.05, 4.69) is 31.0 Å². The van der Waals surface area contributed by atoms with E-state index < -0.39 is 6.04 Å². The summed E-state index contributed by atoms with van der Waals surface area (Å²) in [7, 11) is 0. The van der Waals surface area contributed by atoms with Crippen LogP contribution in [0.4, 0.5) is 11.4 Å². The molecule has 4 N–H and O–H groups in total. The van der Waals surface area contributed by atoms with Gasteiger partial charge in [0.15, 0.2) is 0 Å². The number of aliphatic hydroxyl groups is 1. The molecule has 7 heteroatoms. The van der Waals surface area contributed by atoms with Gasteiger partial charge in [-0.25, -0.2) is 0 Å². The zero-order valence-electron chi connectivity index (χ0n) is 11.7. The standard InChI is InChI=1S/C14H19BrN4O2/c15-10-7-9-11(17-14(21)13(9)16)8-12(10)19-3-1-18(2-4-19)5-6-20/h7-8,13,20H,1-6,16H2,(H,17,21). The maximum Gasteiger partial charge on any atom is 0.245 e. The van der Waals surface area contributed by atoms with Gasteiger partial charge in [0.05, 0.1) is 12.3 Å². The molecule has 0 aromatic heterocycles. The molecule has 3 rings (SSSR count). The Morgan fingerprint density at radius 2 is 2.05 bits per heavy atom. The number of carbonyl (C=O) groups excluding carboxylic acids is 1. The minimum absolute atomic E-state index is 0.151. The van der Waals surface area contributed by atoms with Gasteiger partial charge in [0, 0.05) is 48.4 Å². The molecule has 6 nitrogen and oxygen atoms in total. The van der Waals surface area contributed by atoms with Crippen LogP contribution in [0.3, 0.4) is 0 Å². The normalized spacial score (nSPS) is 22.3. The lowest BCUT2D eigenvalue weighted by atomic mass is 10.1. The highest BCUT2D eigenvalue weighted by atomic mass is 79.9. The van der Waals surface area contributed by atoms with Crippen LogP contribution in [-0.2, 0) is 4.79 Å². The van der Waals surface area contributed by atoms with Crippen LogP contribution in [0.5, 0.6) is 0 Å². The van der Waals surface area contributed by atoms with Gasteiger partial charge in [-0.05, 0) is 28.1 Å². The maximum atomic E-state index is 11.6. The molecule has 0 radical (unpaired) electrons. The molecular weight excluding hydrogens is 336 g/mol. The van der Waals surface area contributed by atoms with E-state index in [1.807, 2.05) is 12.1 Å². The third-order valence-corrected chi connectivity index (χ3v) is 4.76. The topological polar surface area (TPSA) is 81.8 Å². The number of aliphatic hydroxyl groups excluding tert-OH is 1. The summed E-state index contributed by atoms with van der Waals surface area (Å²) in [6.07, 6.45) is 0. The van der Waals surface area contributed by atoms with Gasteiger partial charge in [0.1, 0.15) is 6.04 Å². The molecule has 2 aliphatic heterocycles. The number of hydrogen-bond acceptors (Lipinski definition) is 5. The maximum absolute atomic E-state index is 11.6. The highest BCUT2D eigenvalue weighted by molar-refractivity contribution is 9.10. The number of fused-ring (bicyclic) bond motifs is 1. The molecule has 2 heterocycles. The molecule has 1 aromatic carbocycles. The Bertz CT molecular complexity index is 558. The fraction of sp³-hybridized carbons (Fsp3) is 0.500. The van der Waals surface area contributed by atoms with Crippen LogP contribution in [0.2, 0.25) is 0 Å². The highest BCUT2D eigenvalue weighted by Gasteiger charge is 2.29. The predicted molar refractivity (Wildman–Crippen MR) is 85.4 cm³/mol. The number of nitrogens with two attached hydrogens (primary N) is 1. The molecule has 114 valence electrons. The Morgan fingerprint density at radius 3 is 2.71 bits per heavy atom. The van der Waals surface area contributed by atoms with E-state index in [1.165, 1.54) is 0 Å². The van der Waals surface area contributed by atoms with E-state index in [0.29, 0.717) is 0 Å². The average Bonchev–Trinajstić information content (AvgIpc) is 2.75. The average molecular weight is 355 g/mol. The summed E-state index contributed by atoms with van der Waals surface area (Å²) in [5, 5.41) is 11.8. The number of piperazine rings is 1. The van der Waals surface area contributed by atoms with Gasteiger partial charge in [-0.15, -0.1) is 0 Å².